The van der Waals surface area contributed by atoms with E-state index in [1.165, 1.54) is 9.58 Å². The molecule has 12 heteroatoms. The molecule has 9 nitrogen and oxygen atoms in total. The summed E-state index contributed by atoms with van der Waals surface area (Å²) >= 11 is 0. The van der Waals surface area contributed by atoms with E-state index < -0.39 is 18.3 Å². The van der Waals surface area contributed by atoms with Crippen LogP contribution in [0.15, 0.2) is 43.0 Å². The number of halogens is 3. The molecule has 0 aliphatic carbocycles. The number of pyridine rings is 2. The molecule has 0 saturated carbocycles. The molecule has 0 bridgehead atoms. The number of rotatable bonds is 5. The normalized spacial score (nSPS) is 16.0. The Morgan fingerprint density at radius 3 is 2.73 bits per heavy atom. The fourth-order valence-corrected chi connectivity index (χ4v) is 4.21. The Bertz CT molecular complexity index is 1360. The predicted molar refractivity (Wildman–Crippen MR) is 111 cm³/mol. The van der Waals surface area contributed by atoms with Gasteiger partial charge in [-0.2, -0.15) is 23.5 Å². The third-order valence-corrected chi connectivity index (χ3v) is 5.67. The third-order valence-electron chi connectivity index (χ3n) is 5.67. The molecule has 5 heterocycles. The van der Waals surface area contributed by atoms with Gasteiger partial charge in [-0.25, -0.2) is 9.67 Å². The zero-order valence-electron chi connectivity index (χ0n) is 17.5. The molecule has 168 valence electrons. The Morgan fingerprint density at radius 1 is 1.21 bits per heavy atom. The highest BCUT2D eigenvalue weighted by Crippen LogP contribution is 2.36. The van der Waals surface area contributed by atoms with Crippen LogP contribution in [0.4, 0.5) is 13.2 Å². The van der Waals surface area contributed by atoms with Crippen molar-refractivity contribution in [3.63, 3.8) is 0 Å². The summed E-state index contributed by atoms with van der Waals surface area (Å²) in [6, 6.07) is 7.59. The Morgan fingerprint density at radius 2 is 2.03 bits per heavy atom. The predicted octanol–water partition coefficient (Wildman–Crippen LogP) is 2.78. The zero-order valence-corrected chi connectivity index (χ0v) is 17.5. The summed E-state index contributed by atoms with van der Waals surface area (Å²) in [5.41, 5.74) is 2.31. The molecule has 1 aliphatic rings. The molecule has 0 radical (unpaired) electrons. The molecule has 0 aromatic carbocycles. The van der Waals surface area contributed by atoms with Gasteiger partial charge in [-0.05, 0) is 18.2 Å². The van der Waals surface area contributed by atoms with Gasteiger partial charge < -0.3 is 0 Å². The van der Waals surface area contributed by atoms with E-state index in [0.29, 0.717) is 22.6 Å². The van der Waals surface area contributed by atoms with Gasteiger partial charge >= 0.3 is 6.18 Å². The maximum atomic E-state index is 12.8. The van der Waals surface area contributed by atoms with Gasteiger partial charge in [-0.1, -0.05) is 5.21 Å². The fourth-order valence-electron chi connectivity index (χ4n) is 4.21. The summed E-state index contributed by atoms with van der Waals surface area (Å²) in [6.07, 6.45) is 2.59. The molecule has 4 aromatic rings. The molecule has 4 aromatic heterocycles. The van der Waals surface area contributed by atoms with Gasteiger partial charge in [0.1, 0.15) is 16.9 Å². The number of alkyl halides is 3. The minimum atomic E-state index is -4.30. The van der Waals surface area contributed by atoms with Crippen LogP contribution in [0.25, 0.3) is 33.5 Å². The number of hydrogen-bond donors (Lipinski definition) is 0. The highest BCUT2D eigenvalue weighted by atomic mass is 19.4. The van der Waals surface area contributed by atoms with Crippen LogP contribution in [0.3, 0.4) is 0 Å². The summed E-state index contributed by atoms with van der Waals surface area (Å²) in [4.78, 5) is 10.5. The van der Waals surface area contributed by atoms with Crippen molar-refractivity contribution >= 4 is 10.9 Å². The first-order chi connectivity index (χ1) is 15.8. The molecule has 33 heavy (non-hydrogen) atoms. The summed E-state index contributed by atoms with van der Waals surface area (Å²) < 4.78 is 41.4. The third kappa shape index (κ3) is 3.91. The van der Waals surface area contributed by atoms with Gasteiger partial charge in [-0.3, -0.25) is 14.6 Å². The van der Waals surface area contributed by atoms with Crippen LogP contribution in [-0.2, 0) is 12.6 Å². The van der Waals surface area contributed by atoms with Crippen molar-refractivity contribution in [1.82, 2.24) is 39.6 Å². The molecule has 5 rings (SSSR count). The largest absolute Gasteiger partial charge is 0.401 e. The molecule has 1 aliphatic heterocycles. The standard InChI is InChI=1S/C21H18F3N9/c1-31-9-14(8-27-31)16-7-17-15(3-2-6-26-17)19(28-16)18-10-33(30-29-18)20(4-5-25)11-32(12-20)13-21(22,23)24/h2-3,6-10H,4,11-13H2,1H3. The number of nitrogens with zero attached hydrogens (tertiary/aromatic N) is 9. The minimum Gasteiger partial charge on any atom is -0.290 e. The molecule has 0 N–H and O–H groups in total. The van der Waals surface area contributed by atoms with Crippen LogP contribution < -0.4 is 0 Å². The number of aryl methyl sites for hydroxylation is 1. The highest BCUT2D eigenvalue weighted by Gasteiger charge is 2.49. The molecule has 0 spiro atoms. The van der Waals surface area contributed by atoms with Crippen molar-refractivity contribution in [1.29, 1.82) is 5.26 Å². The number of hydrogen-bond acceptors (Lipinski definition) is 7. The maximum Gasteiger partial charge on any atom is 0.401 e. The van der Waals surface area contributed by atoms with Crippen molar-refractivity contribution in [2.24, 2.45) is 7.05 Å². The van der Waals surface area contributed by atoms with Gasteiger partial charge in [0.05, 0.1) is 42.6 Å². The Labute approximate surface area is 186 Å². The average Bonchev–Trinajstić information content (AvgIpc) is 3.40. The van der Waals surface area contributed by atoms with Gasteiger partial charge in [-0.15, -0.1) is 5.10 Å². The SMILES string of the molecule is Cn1cc(-c2cc3ncccc3c(-c3cn(C4(CC#N)CN(CC(F)(F)F)C4)nn3)n2)cn1. The van der Waals surface area contributed by atoms with E-state index in [4.69, 9.17) is 4.98 Å². The van der Waals surface area contributed by atoms with Crippen molar-refractivity contribution < 1.29 is 13.2 Å². The molecule has 0 atom stereocenters. The highest BCUT2D eigenvalue weighted by molar-refractivity contribution is 5.93. The second kappa shape index (κ2) is 7.63. The lowest BCUT2D eigenvalue weighted by atomic mass is 9.87. The average molecular weight is 453 g/mol. The monoisotopic (exact) mass is 453 g/mol. The van der Waals surface area contributed by atoms with E-state index in [-0.39, 0.29) is 19.5 Å². The van der Waals surface area contributed by atoms with Gasteiger partial charge in [0.15, 0.2) is 0 Å². The smallest absolute Gasteiger partial charge is 0.290 e. The number of nitriles is 1. The van der Waals surface area contributed by atoms with E-state index in [1.54, 1.807) is 29.3 Å². The quantitative estimate of drug-likeness (QED) is 0.458. The number of fused-ring (bicyclic) bond motifs is 1. The lowest BCUT2D eigenvalue weighted by Gasteiger charge is -2.48. The van der Waals surface area contributed by atoms with Crippen LogP contribution in [0, 0.1) is 11.3 Å². The van der Waals surface area contributed by atoms with E-state index in [9.17, 15) is 18.4 Å². The number of likely N-dealkylation sites (tertiary alicyclic amines) is 1. The van der Waals surface area contributed by atoms with Gasteiger partial charge in [0.2, 0.25) is 0 Å². The molecular weight excluding hydrogens is 435 g/mol. The molecular formula is C21H18F3N9. The summed E-state index contributed by atoms with van der Waals surface area (Å²) in [5.74, 6) is 0. The van der Waals surface area contributed by atoms with E-state index in [0.717, 1.165) is 10.9 Å². The first-order valence-electron chi connectivity index (χ1n) is 10.1. The Hall–Kier alpha value is -3.85. The topological polar surface area (TPSA) is 101 Å². The second-order valence-electron chi connectivity index (χ2n) is 8.20. The van der Waals surface area contributed by atoms with Crippen molar-refractivity contribution in [3.05, 3.63) is 43.0 Å². The minimum absolute atomic E-state index is 0.0234. The van der Waals surface area contributed by atoms with E-state index in [2.05, 4.69) is 26.5 Å². The maximum absolute atomic E-state index is 12.8. The van der Waals surface area contributed by atoms with E-state index in [1.807, 2.05) is 25.4 Å². The molecule has 0 amide bonds. The zero-order chi connectivity index (χ0) is 23.2. The lowest BCUT2D eigenvalue weighted by molar-refractivity contribution is -0.167. The van der Waals surface area contributed by atoms with E-state index >= 15 is 0 Å². The summed E-state index contributed by atoms with van der Waals surface area (Å²) in [6.45, 7) is -0.893. The molecule has 0 unspecified atom stereocenters. The van der Waals surface area contributed by atoms with Gasteiger partial charge in [0, 0.05) is 43.5 Å². The van der Waals surface area contributed by atoms with Crippen molar-refractivity contribution in [3.8, 4) is 28.7 Å². The van der Waals surface area contributed by atoms with Crippen LogP contribution in [0.1, 0.15) is 6.42 Å². The second-order valence-corrected chi connectivity index (χ2v) is 8.20. The van der Waals surface area contributed by atoms with Crippen LogP contribution in [-0.4, -0.2) is 65.5 Å². The fraction of sp³-hybridized carbons (Fsp3) is 0.333. The van der Waals surface area contributed by atoms with Crippen molar-refractivity contribution in [2.45, 2.75) is 18.1 Å². The molecule has 1 saturated heterocycles. The summed E-state index contributed by atoms with van der Waals surface area (Å²) in [7, 11) is 1.81. The summed E-state index contributed by atoms with van der Waals surface area (Å²) in [5, 5.41) is 22.7. The Balaban J connectivity index is 1.53. The van der Waals surface area contributed by atoms with Gasteiger partial charge in [0.25, 0.3) is 0 Å². The van der Waals surface area contributed by atoms with Crippen LogP contribution >= 0.6 is 0 Å². The Kier molecular flexibility index (Phi) is 4.86. The first-order valence-corrected chi connectivity index (χ1v) is 10.1. The van der Waals surface area contributed by atoms with Crippen LogP contribution in [0.2, 0.25) is 0 Å². The molecule has 1 fully saturated rings. The van der Waals surface area contributed by atoms with Crippen molar-refractivity contribution in [2.75, 3.05) is 19.6 Å². The number of aromatic nitrogens is 7. The lowest BCUT2D eigenvalue weighted by Crippen LogP contribution is -2.64. The van der Waals surface area contributed by atoms with Crippen LogP contribution in [0.5, 0.6) is 0 Å². The first kappa shape index (κ1) is 21.0.